The Morgan fingerprint density at radius 1 is 1.27 bits per heavy atom. The van der Waals surface area contributed by atoms with Crippen LogP contribution in [0.25, 0.3) is 6.08 Å². The Balaban J connectivity index is 1.82. The Hall–Kier alpha value is -1.63. The van der Waals surface area contributed by atoms with Crippen LogP contribution in [0.4, 0.5) is 5.69 Å². The molecule has 3 nitrogen and oxygen atoms in total. The molecule has 2 heterocycles. The van der Waals surface area contributed by atoms with E-state index in [0.717, 1.165) is 15.9 Å². The van der Waals surface area contributed by atoms with E-state index < -0.39 is 0 Å². The maximum Gasteiger partial charge on any atom is 0.270 e. The van der Waals surface area contributed by atoms with E-state index in [1.165, 1.54) is 16.7 Å². The fourth-order valence-electron chi connectivity index (χ4n) is 1.94. The van der Waals surface area contributed by atoms with Crippen molar-refractivity contribution in [2.24, 2.45) is 0 Å². The van der Waals surface area contributed by atoms with E-state index >= 15 is 0 Å². The molecule has 0 bridgehead atoms. The van der Waals surface area contributed by atoms with Crippen molar-refractivity contribution >= 4 is 61.9 Å². The highest BCUT2D eigenvalue weighted by Gasteiger charge is 2.32. The highest BCUT2D eigenvalue weighted by Crippen LogP contribution is 2.35. The Bertz CT molecular complexity index is 781. The molecule has 1 aliphatic rings. The van der Waals surface area contributed by atoms with Crippen LogP contribution in [0.1, 0.15) is 5.76 Å². The van der Waals surface area contributed by atoms with Gasteiger partial charge in [-0.3, -0.25) is 9.69 Å². The lowest BCUT2D eigenvalue weighted by atomic mass is 10.3. The maximum atomic E-state index is 12.5. The number of rotatable bonds is 3. The number of furan rings is 1. The molecule has 1 aromatic carbocycles. The summed E-state index contributed by atoms with van der Waals surface area (Å²) >= 11 is 10.0. The number of carbonyl (C=O) groups excluding carboxylic acids is 1. The summed E-state index contributed by atoms with van der Waals surface area (Å²) in [4.78, 5) is 14.6. The third-order valence-corrected chi connectivity index (χ3v) is 4.73. The maximum absolute atomic E-state index is 12.5. The van der Waals surface area contributed by atoms with Gasteiger partial charge in [0.25, 0.3) is 5.91 Å². The minimum atomic E-state index is -0.114. The molecular formula is C16H10BrNO2S2. The van der Waals surface area contributed by atoms with Crippen molar-refractivity contribution in [3.8, 4) is 0 Å². The number of anilines is 1. The topological polar surface area (TPSA) is 33.5 Å². The van der Waals surface area contributed by atoms with Crippen LogP contribution in [0.2, 0.25) is 0 Å². The molecule has 0 saturated carbocycles. The van der Waals surface area contributed by atoms with Gasteiger partial charge in [0.1, 0.15) is 5.76 Å². The first-order valence-electron chi connectivity index (χ1n) is 6.39. The Kier molecular flexibility index (Phi) is 4.61. The minimum absolute atomic E-state index is 0.114. The molecule has 1 saturated heterocycles. The summed E-state index contributed by atoms with van der Waals surface area (Å²) in [6, 6.07) is 11.2. The van der Waals surface area contributed by atoms with Crippen molar-refractivity contribution < 1.29 is 9.21 Å². The normalized spacial score (nSPS) is 17.1. The molecule has 6 heteroatoms. The number of halogens is 1. The third kappa shape index (κ3) is 3.24. The van der Waals surface area contributed by atoms with Crippen LogP contribution in [0.3, 0.4) is 0 Å². The summed E-state index contributed by atoms with van der Waals surface area (Å²) in [5.41, 5.74) is 0.760. The Labute approximate surface area is 145 Å². The van der Waals surface area contributed by atoms with E-state index in [9.17, 15) is 4.79 Å². The largest absolute Gasteiger partial charge is 0.465 e. The van der Waals surface area contributed by atoms with Gasteiger partial charge in [-0.2, -0.15) is 0 Å². The predicted octanol–water partition coefficient (Wildman–Crippen LogP) is 5.00. The number of allylic oxidation sites excluding steroid dienone is 2. The molecule has 0 N–H and O–H groups in total. The molecule has 0 radical (unpaired) electrons. The van der Waals surface area contributed by atoms with Gasteiger partial charge in [0.05, 0.1) is 16.9 Å². The predicted molar refractivity (Wildman–Crippen MR) is 97.6 cm³/mol. The molecule has 0 aliphatic carbocycles. The molecule has 1 fully saturated rings. The molecule has 1 aromatic heterocycles. The number of thioether (sulfide) groups is 1. The summed E-state index contributed by atoms with van der Waals surface area (Å²) in [6.07, 6.45) is 6.93. The average Bonchev–Trinajstić information content (AvgIpc) is 3.08. The summed E-state index contributed by atoms with van der Waals surface area (Å²) in [5.74, 6) is 0.621. The number of thiocarbonyl (C=S) groups is 1. The van der Waals surface area contributed by atoms with E-state index in [0.29, 0.717) is 9.23 Å². The molecule has 0 spiro atoms. The van der Waals surface area contributed by atoms with Gasteiger partial charge in [-0.25, -0.2) is 0 Å². The van der Waals surface area contributed by atoms with Gasteiger partial charge >= 0.3 is 0 Å². The zero-order chi connectivity index (χ0) is 15.5. The Morgan fingerprint density at radius 3 is 2.86 bits per heavy atom. The lowest BCUT2D eigenvalue weighted by molar-refractivity contribution is -0.113. The monoisotopic (exact) mass is 391 g/mol. The van der Waals surface area contributed by atoms with Crippen LogP contribution < -0.4 is 4.90 Å². The Morgan fingerprint density at radius 2 is 2.14 bits per heavy atom. The fraction of sp³-hybridized carbons (Fsp3) is 0. The zero-order valence-corrected chi connectivity index (χ0v) is 14.5. The van der Waals surface area contributed by atoms with Gasteiger partial charge in [-0.15, -0.1) is 0 Å². The standard InChI is InChI=1S/C16H10BrNO2S2/c17-11-4-1-5-12(10-11)18-15(19)14(22-16(18)21)8-2-6-13-7-3-9-20-13/h1-10H/b6-2+,14-8+. The van der Waals surface area contributed by atoms with E-state index in [4.69, 9.17) is 16.6 Å². The molecule has 1 amide bonds. The fourth-order valence-corrected chi connectivity index (χ4v) is 3.57. The van der Waals surface area contributed by atoms with Gasteiger partial charge in [-0.1, -0.05) is 52.1 Å². The van der Waals surface area contributed by atoms with Crippen LogP contribution in [0, 0.1) is 0 Å². The first-order chi connectivity index (χ1) is 10.6. The first-order valence-corrected chi connectivity index (χ1v) is 8.40. The van der Waals surface area contributed by atoms with E-state index in [-0.39, 0.29) is 5.91 Å². The number of benzene rings is 1. The first kappa shape index (κ1) is 15.3. The van der Waals surface area contributed by atoms with Crippen molar-refractivity contribution in [1.29, 1.82) is 0 Å². The van der Waals surface area contributed by atoms with Gasteiger partial charge < -0.3 is 4.42 Å². The summed E-state index contributed by atoms with van der Waals surface area (Å²) in [5, 5.41) is 0. The number of carbonyl (C=O) groups is 1. The quantitative estimate of drug-likeness (QED) is 0.544. The van der Waals surface area contributed by atoms with Gasteiger partial charge in [0, 0.05) is 4.47 Å². The van der Waals surface area contributed by atoms with Gasteiger partial charge in [-0.05, 0) is 42.5 Å². The lowest BCUT2D eigenvalue weighted by Gasteiger charge is -2.14. The summed E-state index contributed by atoms with van der Waals surface area (Å²) in [6.45, 7) is 0. The molecule has 22 heavy (non-hydrogen) atoms. The average molecular weight is 392 g/mol. The SMILES string of the molecule is O=C1/C(=C\C=C\c2ccco2)SC(=S)N1c1cccc(Br)c1. The number of amides is 1. The van der Waals surface area contributed by atoms with Crippen LogP contribution >= 0.6 is 39.9 Å². The highest BCUT2D eigenvalue weighted by atomic mass is 79.9. The van der Waals surface area contributed by atoms with Crippen molar-refractivity contribution in [1.82, 2.24) is 0 Å². The van der Waals surface area contributed by atoms with Gasteiger partial charge in [0.2, 0.25) is 0 Å². The number of nitrogens with zero attached hydrogens (tertiary/aromatic N) is 1. The molecule has 1 aliphatic heterocycles. The summed E-state index contributed by atoms with van der Waals surface area (Å²) < 4.78 is 6.63. The van der Waals surface area contributed by atoms with Gasteiger partial charge in [0.15, 0.2) is 4.32 Å². The van der Waals surface area contributed by atoms with Crippen molar-refractivity contribution in [2.45, 2.75) is 0 Å². The van der Waals surface area contributed by atoms with Crippen LogP contribution in [-0.2, 0) is 4.79 Å². The molecule has 2 aromatic rings. The van der Waals surface area contributed by atoms with Crippen LogP contribution in [0.15, 0.2) is 68.6 Å². The van der Waals surface area contributed by atoms with E-state index in [1.54, 1.807) is 24.5 Å². The summed E-state index contributed by atoms with van der Waals surface area (Å²) in [7, 11) is 0. The minimum Gasteiger partial charge on any atom is -0.465 e. The molecule has 3 rings (SSSR count). The molecule has 0 atom stereocenters. The smallest absolute Gasteiger partial charge is 0.270 e. The van der Waals surface area contributed by atoms with Crippen molar-refractivity contribution in [2.75, 3.05) is 4.90 Å². The van der Waals surface area contributed by atoms with Crippen molar-refractivity contribution in [3.05, 3.63) is 70.0 Å². The second-order valence-electron chi connectivity index (χ2n) is 4.39. The van der Waals surface area contributed by atoms with Crippen LogP contribution in [0.5, 0.6) is 0 Å². The van der Waals surface area contributed by atoms with Crippen molar-refractivity contribution in [3.63, 3.8) is 0 Å². The van der Waals surface area contributed by atoms with E-state index in [2.05, 4.69) is 15.9 Å². The second-order valence-corrected chi connectivity index (χ2v) is 6.99. The molecule has 0 unspecified atom stereocenters. The third-order valence-electron chi connectivity index (χ3n) is 2.91. The molecular weight excluding hydrogens is 382 g/mol. The zero-order valence-electron chi connectivity index (χ0n) is 11.2. The number of hydrogen-bond donors (Lipinski definition) is 0. The van der Waals surface area contributed by atoms with E-state index in [1.807, 2.05) is 36.4 Å². The second kappa shape index (κ2) is 6.64. The highest BCUT2D eigenvalue weighted by molar-refractivity contribution is 9.10. The van der Waals surface area contributed by atoms with Crippen LogP contribution in [-0.4, -0.2) is 10.2 Å². The number of hydrogen-bond acceptors (Lipinski definition) is 4. The molecule has 110 valence electrons. The lowest BCUT2D eigenvalue weighted by Crippen LogP contribution is -2.27.